The van der Waals surface area contributed by atoms with Gasteiger partial charge in [-0.3, -0.25) is 4.79 Å². The second kappa shape index (κ2) is 7.87. The van der Waals surface area contributed by atoms with Gasteiger partial charge in [-0.2, -0.15) is 0 Å². The Labute approximate surface area is 164 Å². The SMILES string of the molecule is O=C(NC1CCOc2ccc(Br)cc21)C(Cc1ccccc1)n1cnnn1. The fourth-order valence-corrected chi connectivity index (χ4v) is 3.62. The number of carbonyl (C=O) groups is 1. The van der Waals surface area contributed by atoms with Gasteiger partial charge in [-0.1, -0.05) is 46.3 Å². The number of amides is 1. The van der Waals surface area contributed by atoms with Gasteiger partial charge in [0.1, 0.15) is 18.1 Å². The summed E-state index contributed by atoms with van der Waals surface area (Å²) >= 11 is 3.49. The molecule has 0 spiro atoms. The van der Waals surface area contributed by atoms with E-state index in [2.05, 4.69) is 36.8 Å². The highest BCUT2D eigenvalue weighted by Gasteiger charge is 2.28. The maximum absolute atomic E-state index is 13.1. The summed E-state index contributed by atoms with van der Waals surface area (Å²) in [5.74, 6) is 0.681. The van der Waals surface area contributed by atoms with Crippen LogP contribution in [0.5, 0.6) is 5.75 Å². The monoisotopic (exact) mass is 427 g/mol. The highest BCUT2D eigenvalue weighted by Crippen LogP contribution is 2.34. The Hall–Kier alpha value is -2.74. The van der Waals surface area contributed by atoms with Crippen LogP contribution in [0.1, 0.15) is 29.6 Å². The number of nitrogens with one attached hydrogen (secondary N) is 1. The zero-order chi connectivity index (χ0) is 18.6. The minimum absolute atomic E-state index is 0.117. The largest absolute Gasteiger partial charge is 0.493 e. The Kier molecular flexibility index (Phi) is 5.15. The van der Waals surface area contributed by atoms with E-state index in [0.29, 0.717) is 19.4 Å². The second-order valence-corrected chi connectivity index (χ2v) is 7.29. The van der Waals surface area contributed by atoms with E-state index in [9.17, 15) is 4.79 Å². The van der Waals surface area contributed by atoms with Crippen LogP contribution in [0.25, 0.3) is 0 Å². The average molecular weight is 428 g/mol. The zero-order valence-electron chi connectivity index (χ0n) is 14.5. The number of fused-ring (bicyclic) bond motifs is 1. The first-order valence-corrected chi connectivity index (χ1v) is 9.49. The van der Waals surface area contributed by atoms with Crippen LogP contribution in [0.3, 0.4) is 0 Å². The van der Waals surface area contributed by atoms with Crippen molar-refractivity contribution in [3.8, 4) is 5.75 Å². The summed E-state index contributed by atoms with van der Waals surface area (Å²) in [5, 5.41) is 14.5. The van der Waals surface area contributed by atoms with Gasteiger partial charge < -0.3 is 10.1 Å². The lowest BCUT2D eigenvalue weighted by molar-refractivity contribution is -0.125. The molecule has 138 valence electrons. The summed E-state index contributed by atoms with van der Waals surface area (Å²) in [6.45, 7) is 0.563. The van der Waals surface area contributed by atoms with Crippen LogP contribution in [0.4, 0.5) is 0 Å². The standard InChI is InChI=1S/C19H18BrN5O2/c20-14-6-7-18-15(11-14)16(8-9-27-18)22-19(26)17(25-12-21-23-24-25)10-13-4-2-1-3-5-13/h1-7,11-12,16-17H,8-10H2,(H,22,26). The number of rotatable bonds is 5. The Bertz CT molecular complexity index is 917. The number of hydrogen-bond acceptors (Lipinski definition) is 5. The molecule has 8 heteroatoms. The van der Waals surface area contributed by atoms with Crippen molar-refractivity contribution in [3.63, 3.8) is 0 Å². The van der Waals surface area contributed by atoms with E-state index in [4.69, 9.17) is 4.74 Å². The number of aromatic nitrogens is 4. The molecular formula is C19H18BrN5O2. The summed E-state index contributed by atoms with van der Waals surface area (Å²) < 4.78 is 8.16. The normalized spacial score (nSPS) is 16.9. The van der Waals surface area contributed by atoms with E-state index < -0.39 is 6.04 Å². The number of hydrogen-bond donors (Lipinski definition) is 1. The number of halogens is 1. The molecule has 2 atom stereocenters. The number of ether oxygens (including phenoxy) is 1. The van der Waals surface area contributed by atoms with E-state index >= 15 is 0 Å². The lowest BCUT2D eigenvalue weighted by Gasteiger charge is -2.28. The molecule has 1 aromatic heterocycles. The summed E-state index contributed by atoms with van der Waals surface area (Å²) in [5.41, 5.74) is 2.02. The van der Waals surface area contributed by atoms with E-state index in [0.717, 1.165) is 21.3 Å². The third-order valence-corrected chi connectivity index (χ3v) is 5.08. The van der Waals surface area contributed by atoms with Gasteiger partial charge in [0.15, 0.2) is 0 Å². The lowest BCUT2D eigenvalue weighted by Crippen LogP contribution is -2.38. The van der Waals surface area contributed by atoms with Crippen molar-refractivity contribution in [2.75, 3.05) is 6.61 Å². The van der Waals surface area contributed by atoms with E-state index in [-0.39, 0.29) is 11.9 Å². The molecule has 1 N–H and O–H groups in total. The molecule has 2 heterocycles. The van der Waals surface area contributed by atoms with Gasteiger partial charge in [0.25, 0.3) is 0 Å². The van der Waals surface area contributed by atoms with Gasteiger partial charge in [-0.15, -0.1) is 5.10 Å². The first-order valence-electron chi connectivity index (χ1n) is 8.70. The number of nitrogens with zero attached hydrogens (tertiary/aromatic N) is 4. The first-order chi connectivity index (χ1) is 13.2. The highest BCUT2D eigenvalue weighted by molar-refractivity contribution is 9.10. The molecule has 1 amide bonds. The Morgan fingerprint density at radius 2 is 2.15 bits per heavy atom. The Balaban J connectivity index is 1.57. The molecule has 0 aliphatic carbocycles. The predicted octanol–water partition coefficient (Wildman–Crippen LogP) is 2.86. The van der Waals surface area contributed by atoms with Gasteiger partial charge in [0.2, 0.25) is 5.91 Å². The molecule has 0 saturated heterocycles. The minimum Gasteiger partial charge on any atom is -0.493 e. The van der Waals surface area contributed by atoms with Crippen molar-refractivity contribution in [1.29, 1.82) is 0 Å². The Morgan fingerprint density at radius 3 is 2.93 bits per heavy atom. The molecule has 0 fully saturated rings. The van der Waals surface area contributed by atoms with Crippen LogP contribution in [0, 0.1) is 0 Å². The maximum Gasteiger partial charge on any atom is 0.245 e. The third kappa shape index (κ3) is 4.00. The van der Waals surface area contributed by atoms with Crippen LogP contribution < -0.4 is 10.1 Å². The molecule has 2 unspecified atom stereocenters. The number of carbonyl (C=O) groups excluding carboxylic acids is 1. The number of benzene rings is 2. The van der Waals surface area contributed by atoms with Crippen LogP contribution >= 0.6 is 15.9 Å². The van der Waals surface area contributed by atoms with Crippen molar-refractivity contribution in [2.45, 2.75) is 24.9 Å². The molecule has 3 aromatic rings. The second-order valence-electron chi connectivity index (χ2n) is 6.38. The lowest BCUT2D eigenvalue weighted by atomic mass is 9.99. The van der Waals surface area contributed by atoms with Gasteiger partial charge >= 0.3 is 0 Å². The molecule has 7 nitrogen and oxygen atoms in total. The van der Waals surface area contributed by atoms with Gasteiger partial charge in [-0.05, 0) is 34.2 Å². The van der Waals surface area contributed by atoms with Crippen molar-refractivity contribution in [1.82, 2.24) is 25.5 Å². The molecule has 0 bridgehead atoms. The molecular weight excluding hydrogens is 410 g/mol. The molecule has 1 aliphatic rings. The maximum atomic E-state index is 13.1. The summed E-state index contributed by atoms with van der Waals surface area (Å²) in [6.07, 6.45) is 2.69. The topological polar surface area (TPSA) is 81.9 Å². The van der Waals surface area contributed by atoms with E-state index in [1.807, 2.05) is 48.5 Å². The van der Waals surface area contributed by atoms with Crippen LogP contribution in [0.2, 0.25) is 0 Å². The first kappa shape index (κ1) is 17.7. The average Bonchev–Trinajstić information content (AvgIpc) is 3.22. The van der Waals surface area contributed by atoms with Gasteiger partial charge in [0.05, 0.1) is 12.6 Å². The molecule has 0 saturated carbocycles. The fourth-order valence-electron chi connectivity index (χ4n) is 3.24. The van der Waals surface area contributed by atoms with E-state index in [1.165, 1.54) is 11.0 Å². The predicted molar refractivity (Wildman–Crippen MR) is 102 cm³/mol. The quantitative estimate of drug-likeness (QED) is 0.676. The molecule has 0 radical (unpaired) electrons. The van der Waals surface area contributed by atoms with Crippen LogP contribution in [0.15, 0.2) is 59.3 Å². The van der Waals surface area contributed by atoms with Crippen LogP contribution in [-0.4, -0.2) is 32.7 Å². The fraction of sp³-hybridized carbons (Fsp3) is 0.263. The van der Waals surface area contributed by atoms with Gasteiger partial charge in [-0.25, -0.2) is 4.68 Å². The van der Waals surface area contributed by atoms with Gasteiger partial charge in [0, 0.05) is 22.9 Å². The molecule has 1 aliphatic heterocycles. The van der Waals surface area contributed by atoms with Crippen LogP contribution in [-0.2, 0) is 11.2 Å². The summed E-state index contributed by atoms with van der Waals surface area (Å²) in [7, 11) is 0. The molecule has 27 heavy (non-hydrogen) atoms. The molecule has 4 rings (SSSR count). The van der Waals surface area contributed by atoms with Crippen molar-refractivity contribution in [2.24, 2.45) is 0 Å². The van der Waals surface area contributed by atoms with Crippen molar-refractivity contribution in [3.05, 3.63) is 70.5 Å². The Morgan fingerprint density at radius 1 is 1.30 bits per heavy atom. The zero-order valence-corrected chi connectivity index (χ0v) is 16.0. The molecule has 2 aromatic carbocycles. The van der Waals surface area contributed by atoms with Crippen molar-refractivity contribution < 1.29 is 9.53 Å². The third-order valence-electron chi connectivity index (χ3n) is 4.59. The van der Waals surface area contributed by atoms with E-state index in [1.54, 1.807) is 0 Å². The minimum atomic E-state index is -0.527. The summed E-state index contributed by atoms with van der Waals surface area (Å²) in [4.78, 5) is 13.1. The number of tetrazole rings is 1. The summed E-state index contributed by atoms with van der Waals surface area (Å²) in [6, 6.07) is 15.0. The smallest absolute Gasteiger partial charge is 0.245 e. The van der Waals surface area contributed by atoms with Crippen molar-refractivity contribution >= 4 is 21.8 Å². The highest BCUT2D eigenvalue weighted by atomic mass is 79.9.